The van der Waals surface area contributed by atoms with Gasteiger partial charge >= 0.3 is 0 Å². The molecular weight excluding hydrogens is 264 g/mol. The van der Waals surface area contributed by atoms with Crippen LogP contribution in [0.25, 0.3) is 10.9 Å². The lowest BCUT2D eigenvalue weighted by Gasteiger charge is -2.08. The fraction of sp³-hybridized carbons (Fsp3) is 0. The largest absolute Gasteiger partial charge is 0.437 e. The van der Waals surface area contributed by atoms with E-state index in [4.69, 9.17) is 22.1 Å². The van der Waals surface area contributed by atoms with Crippen molar-refractivity contribution in [3.05, 3.63) is 47.7 Å². The number of benzene rings is 1. The number of ether oxygens (including phenoxy) is 1. The molecular formula is C13H9ClN4O. The zero-order valence-electron chi connectivity index (χ0n) is 9.75. The van der Waals surface area contributed by atoms with Crippen molar-refractivity contribution in [2.75, 3.05) is 5.73 Å². The van der Waals surface area contributed by atoms with Gasteiger partial charge in [-0.15, -0.1) is 0 Å². The molecule has 19 heavy (non-hydrogen) atoms. The Hall–Kier alpha value is -2.40. The Morgan fingerprint density at radius 1 is 1.11 bits per heavy atom. The minimum atomic E-state index is 0.156. The summed E-state index contributed by atoms with van der Waals surface area (Å²) >= 11 is 5.86. The highest BCUT2D eigenvalue weighted by Gasteiger charge is 2.08. The number of aromatic nitrogens is 3. The van der Waals surface area contributed by atoms with Crippen molar-refractivity contribution in [3.8, 4) is 11.6 Å². The molecule has 2 aromatic heterocycles. The van der Waals surface area contributed by atoms with Crippen LogP contribution >= 0.6 is 11.6 Å². The van der Waals surface area contributed by atoms with Gasteiger partial charge in [0.1, 0.15) is 5.75 Å². The minimum absolute atomic E-state index is 0.156. The van der Waals surface area contributed by atoms with Crippen LogP contribution in [0, 0.1) is 0 Å². The molecule has 0 amide bonds. The summed E-state index contributed by atoms with van der Waals surface area (Å²) in [5.74, 6) is 1.03. The monoisotopic (exact) mass is 272 g/mol. The van der Waals surface area contributed by atoms with E-state index in [9.17, 15) is 0 Å². The molecule has 0 aliphatic rings. The molecule has 3 rings (SSSR count). The Kier molecular flexibility index (Phi) is 2.89. The first kappa shape index (κ1) is 11.7. The van der Waals surface area contributed by atoms with Crippen molar-refractivity contribution in [2.45, 2.75) is 0 Å². The Morgan fingerprint density at radius 2 is 1.95 bits per heavy atom. The second-order valence-electron chi connectivity index (χ2n) is 3.85. The number of rotatable bonds is 2. The second-order valence-corrected chi connectivity index (χ2v) is 4.28. The summed E-state index contributed by atoms with van der Waals surface area (Å²) in [6.07, 6.45) is 3.08. The molecule has 0 spiro atoms. The molecule has 0 aliphatic carbocycles. The van der Waals surface area contributed by atoms with Gasteiger partial charge in [-0.1, -0.05) is 23.7 Å². The molecule has 1 aromatic carbocycles. The van der Waals surface area contributed by atoms with Crippen LogP contribution in [0.1, 0.15) is 0 Å². The fourth-order valence-electron chi connectivity index (χ4n) is 1.70. The van der Waals surface area contributed by atoms with E-state index >= 15 is 0 Å². The molecule has 0 saturated carbocycles. The van der Waals surface area contributed by atoms with Gasteiger partial charge in [0.2, 0.25) is 11.8 Å². The molecule has 5 nitrogen and oxygen atoms in total. The number of para-hydroxylation sites is 1. The van der Waals surface area contributed by atoms with Gasteiger partial charge in [0.05, 0.1) is 22.1 Å². The highest BCUT2D eigenvalue weighted by Crippen LogP contribution is 2.28. The number of pyridine rings is 1. The summed E-state index contributed by atoms with van der Waals surface area (Å²) < 4.78 is 5.68. The van der Waals surface area contributed by atoms with Crippen LogP contribution in [0.4, 0.5) is 5.95 Å². The number of nitrogens with zero attached hydrogens (tertiary/aromatic N) is 3. The molecule has 6 heteroatoms. The van der Waals surface area contributed by atoms with Gasteiger partial charge in [-0.2, -0.15) is 4.98 Å². The first-order valence-corrected chi connectivity index (χ1v) is 5.91. The standard InChI is InChI=1S/C13H9ClN4O/c14-8-5-9(7-16-6-8)19-12-10-3-1-2-4-11(10)17-13(15)18-12/h1-7H,(H2,15,17,18). The highest BCUT2D eigenvalue weighted by atomic mass is 35.5. The lowest BCUT2D eigenvalue weighted by Crippen LogP contribution is -1.98. The van der Waals surface area contributed by atoms with Crippen LogP contribution in [-0.4, -0.2) is 15.0 Å². The molecule has 0 fully saturated rings. The number of halogens is 1. The lowest BCUT2D eigenvalue weighted by molar-refractivity contribution is 0.467. The van der Waals surface area contributed by atoms with Gasteiger partial charge in [0.25, 0.3) is 0 Å². The van der Waals surface area contributed by atoms with Crippen LogP contribution in [-0.2, 0) is 0 Å². The summed E-state index contributed by atoms with van der Waals surface area (Å²) in [5, 5.41) is 1.26. The zero-order valence-corrected chi connectivity index (χ0v) is 10.5. The lowest BCUT2D eigenvalue weighted by atomic mass is 10.2. The Labute approximate surface area is 114 Å². The quantitative estimate of drug-likeness (QED) is 0.776. The SMILES string of the molecule is Nc1nc(Oc2cncc(Cl)c2)c2ccccc2n1. The van der Waals surface area contributed by atoms with Gasteiger partial charge in [-0.05, 0) is 12.1 Å². The maximum atomic E-state index is 5.86. The van der Waals surface area contributed by atoms with E-state index in [1.54, 1.807) is 12.3 Å². The maximum Gasteiger partial charge on any atom is 0.232 e. The van der Waals surface area contributed by atoms with Crippen LogP contribution in [0.5, 0.6) is 11.6 Å². The van der Waals surface area contributed by atoms with Crippen LogP contribution in [0.15, 0.2) is 42.7 Å². The summed E-state index contributed by atoms with van der Waals surface area (Å²) in [4.78, 5) is 12.2. The number of anilines is 1. The molecule has 0 radical (unpaired) electrons. The third-order valence-corrected chi connectivity index (χ3v) is 2.69. The number of fused-ring (bicyclic) bond motifs is 1. The molecule has 0 saturated heterocycles. The molecule has 0 atom stereocenters. The van der Waals surface area contributed by atoms with Gasteiger partial charge in [-0.3, -0.25) is 4.98 Å². The number of hydrogen-bond acceptors (Lipinski definition) is 5. The third-order valence-electron chi connectivity index (χ3n) is 2.48. The molecule has 0 bridgehead atoms. The maximum absolute atomic E-state index is 5.86. The van der Waals surface area contributed by atoms with E-state index in [1.807, 2.05) is 24.3 Å². The van der Waals surface area contributed by atoms with Crippen LogP contribution < -0.4 is 10.5 Å². The number of nitrogens with two attached hydrogens (primary N) is 1. The third kappa shape index (κ3) is 2.41. The molecule has 2 N–H and O–H groups in total. The fourth-order valence-corrected chi connectivity index (χ4v) is 1.87. The molecule has 0 aliphatic heterocycles. The van der Waals surface area contributed by atoms with Crippen molar-refractivity contribution in [3.63, 3.8) is 0 Å². The van der Waals surface area contributed by atoms with Crippen molar-refractivity contribution in [1.82, 2.24) is 15.0 Å². The van der Waals surface area contributed by atoms with Crippen molar-refractivity contribution >= 4 is 28.5 Å². The summed E-state index contributed by atoms with van der Waals surface area (Å²) in [5.41, 5.74) is 6.39. The molecule has 0 unspecified atom stereocenters. The van der Waals surface area contributed by atoms with Gasteiger partial charge in [0, 0.05) is 12.3 Å². The Morgan fingerprint density at radius 3 is 2.79 bits per heavy atom. The summed E-state index contributed by atoms with van der Waals surface area (Å²) in [7, 11) is 0. The van der Waals surface area contributed by atoms with Gasteiger partial charge in [0.15, 0.2) is 0 Å². The number of hydrogen-bond donors (Lipinski definition) is 1. The van der Waals surface area contributed by atoms with E-state index in [2.05, 4.69) is 15.0 Å². The van der Waals surface area contributed by atoms with E-state index < -0.39 is 0 Å². The number of nitrogen functional groups attached to an aromatic ring is 1. The van der Waals surface area contributed by atoms with Crippen LogP contribution in [0.3, 0.4) is 0 Å². The molecule has 3 aromatic rings. The van der Waals surface area contributed by atoms with Gasteiger partial charge < -0.3 is 10.5 Å². The Balaban J connectivity index is 2.09. The van der Waals surface area contributed by atoms with E-state index in [0.717, 1.165) is 10.9 Å². The van der Waals surface area contributed by atoms with Crippen LogP contribution in [0.2, 0.25) is 5.02 Å². The van der Waals surface area contributed by atoms with Gasteiger partial charge in [-0.25, -0.2) is 4.98 Å². The predicted octanol–water partition coefficient (Wildman–Crippen LogP) is 3.05. The average molecular weight is 273 g/mol. The summed E-state index contributed by atoms with van der Waals surface area (Å²) in [6.45, 7) is 0. The minimum Gasteiger partial charge on any atom is -0.437 e. The first-order chi connectivity index (χ1) is 9.22. The van der Waals surface area contributed by atoms with Crippen molar-refractivity contribution < 1.29 is 4.74 Å². The highest BCUT2D eigenvalue weighted by molar-refractivity contribution is 6.30. The molecule has 94 valence electrons. The predicted molar refractivity (Wildman–Crippen MR) is 73.3 cm³/mol. The van der Waals surface area contributed by atoms with Crippen molar-refractivity contribution in [2.24, 2.45) is 0 Å². The second kappa shape index (κ2) is 4.70. The summed E-state index contributed by atoms with van der Waals surface area (Å²) in [6, 6.07) is 9.12. The van der Waals surface area contributed by atoms with E-state index in [0.29, 0.717) is 16.7 Å². The normalized spacial score (nSPS) is 10.6. The van der Waals surface area contributed by atoms with Crippen molar-refractivity contribution in [1.29, 1.82) is 0 Å². The van der Waals surface area contributed by atoms with E-state index in [1.165, 1.54) is 6.20 Å². The zero-order chi connectivity index (χ0) is 13.2. The average Bonchev–Trinajstić information content (AvgIpc) is 2.38. The van der Waals surface area contributed by atoms with E-state index in [-0.39, 0.29) is 5.95 Å². The first-order valence-electron chi connectivity index (χ1n) is 5.53. The smallest absolute Gasteiger partial charge is 0.232 e. The Bertz CT molecular complexity index is 748. The topological polar surface area (TPSA) is 73.9 Å². The molecule has 2 heterocycles.